The molecule has 0 N–H and O–H groups in total. The highest BCUT2D eigenvalue weighted by atomic mass is 35.5. The van der Waals surface area contributed by atoms with Crippen molar-refractivity contribution >= 4 is 35.4 Å². The summed E-state index contributed by atoms with van der Waals surface area (Å²) in [5.41, 5.74) is -3.15. The average molecular weight is 365 g/mol. The predicted molar refractivity (Wildman–Crippen MR) is 81.2 cm³/mol. The summed E-state index contributed by atoms with van der Waals surface area (Å²) in [6.07, 6.45) is 0.670. The van der Waals surface area contributed by atoms with Crippen LogP contribution < -0.4 is 4.18 Å². The lowest BCUT2D eigenvalue weighted by atomic mass is 10.2. The lowest BCUT2D eigenvalue weighted by Gasteiger charge is -2.11. The first-order valence-electron chi connectivity index (χ1n) is 6.14. The second kappa shape index (κ2) is 6.17. The first-order valence-corrected chi connectivity index (χ1v) is 8.25. The molecular weight excluding hydrogens is 357 g/mol. The highest BCUT2D eigenvalue weighted by Gasteiger charge is 2.33. The zero-order valence-electron chi connectivity index (χ0n) is 10.9. The van der Waals surface area contributed by atoms with Gasteiger partial charge in [0.15, 0.2) is 17.9 Å². The molecule has 0 spiro atoms. The van der Waals surface area contributed by atoms with Crippen LogP contribution in [0.2, 0.25) is 5.02 Å². The molecular formula is C13H8ClF3N2OS2. The van der Waals surface area contributed by atoms with Gasteiger partial charge in [-0.1, -0.05) is 23.7 Å². The van der Waals surface area contributed by atoms with E-state index in [-0.39, 0.29) is 5.88 Å². The number of thioether (sulfide) groups is 1. The summed E-state index contributed by atoms with van der Waals surface area (Å²) in [6.45, 7) is 0. The van der Waals surface area contributed by atoms with Gasteiger partial charge in [0.2, 0.25) is 5.88 Å². The minimum absolute atomic E-state index is 0.0511. The van der Waals surface area contributed by atoms with Crippen LogP contribution in [0.3, 0.4) is 0 Å². The lowest BCUT2D eigenvalue weighted by molar-refractivity contribution is -0.0371. The zero-order valence-corrected chi connectivity index (χ0v) is 13.2. The van der Waals surface area contributed by atoms with Gasteiger partial charge in [-0.2, -0.15) is 18.2 Å². The van der Waals surface area contributed by atoms with Crippen molar-refractivity contribution in [2.45, 2.75) is 16.8 Å². The van der Waals surface area contributed by atoms with Crippen LogP contribution in [0.15, 0.2) is 29.2 Å². The number of benzene rings is 1. The topological polar surface area (TPSA) is 35.0 Å². The summed E-state index contributed by atoms with van der Waals surface area (Å²) in [4.78, 5) is 9.11. The molecule has 1 aromatic carbocycles. The Morgan fingerprint density at radius 2 is 2.09 bits per heavy atom. The highest BCUT2D eigenvalue weighted by Crippen LogP contribution is 2.41. The van der Waals surface area contributed by atoms with E-state index in [1.807, 2.05) is 0 Å². The van der Waals surface area contributed by atoms with Gasteiger partial charge in [-0.3, -0.25) is 0 Å². The maximum atomic E-state index is 12.3. The number of aromatic nitrogens is 2. The van der Waals surface area contributed by atoms with Gasteiger partial charge in [0.25, 0.3) is 0 Å². The molecule has 0 bridgehead atoms. The number of alkyl halides is 3. The van der Waals surface area contributed by atoms with Gasteiger partial charge < -0.3 is 4.18 Å². The summed E-state index contributed by atoms with van der Waals surface area (Å²) < 4.78 is 41.8. The van der Waals surface area contributed by atoms with Crippen molar-refractivity contribution in [3.8, 4) is 17.3 Å². The molecule has 0 radical (unpaired) electrons. The van der Waals surface area contributed by atoms with Crippen LogP contribution >= 0.6 is 35.4 Å². The Morgan fingerprint density at radius 3 is 2.82 bits per heavy atom. The zero-order chi connectivity index (χ0) is 15.7. The second-order valence-electron chi connectivity index (χ2n) is 4.35. The van der Waals surface area contributed by atoms with Crippen molar-refractivity contribution in [2.75, 3.05) is 5.75 Å². The molecule has 0 saturated heterocycles. The molecule has 0 unspecified atom stereocenters. The third-order valence-corrected chi connectivity index (χ3v) is 4.56. The van der Waals surface area contributed by atoms with Crippen LogP contribution in [-0.2, 0) is 6.42 Å². The van der Waals surface area contributed by atoms with Gasteiger partial charge in [0.05, 0.1) is 10.6 Å². The molecule has 0 fully saturated rings. The van der Waals surface area contributed by atoms with Crippen LogP contribution in [0, 0.1) is 0 Å². The summed E-state index contributed by atoms with van der Waals surface area (Å²) in [7, 11) is 0. The highest BCUT2D eigenvalue weighted by molar-refractivity contribution is 7.99. The van der Waals surface area contributed by atoms with Crippen molar-refractivity contribution in [3.63, 3.8) is 0 Å². The number of rotatable bonds is 3. The summed E-state index contributed by atoms with van der Waals surface area (Å²) in [5, 5.41) is 0.503. The molecule has 0 amide bonds. The van der Waals surface area contributed by atoms with Gasteiger partial charge in [0.1, 0.15) is 0 Å². The number of aryl methyl sites for hydroxylation is 1. The Labute approximate surface area is 137 Å². The summed E-state index contributed by atoms with van der Waals surface area (Å²) >= 11 is 6.75. The Morgan fingerprint density at radius 1 is 1.27 bits per heavy atom. The van der Waals surface area contributed by atoms with Crippen LogP contribution in [0.5, 0.6) is 5.88 Å². The number of hydrogen-bond donors (Lipinski definition) is 0. The van der Waals surface area contributed by atoms with E-state index in [0.29, 0.717) is 33.4 Å². The fourth-order valence-electron chi connectivity index (χ4n) is 1.94. The van der Waals surface area contributed by atoms with Crippen molar-refractivity contribution < 1.29 is 17.4 Å². The first kappa shape index (κ1) is 15.8. The van der Waals surface area contributed by atoms with Crippen molar-refractivity contribution in [1.29, 1.82) is 0 Å². The van der Waals surface area contributed by atoms with Gasteiger partial charge in [-0.15, -0.1) is 11.8 Å². The molecule has 0 atom stereocenters. The fourth-order valence-corrected chi connectivity index (χ4v) is 3.50. The average Bonchev–Trinajstić information content (AvgIpc) is 2.92. The maximum Gasteiger partial charge on any atom is 0.479 e. The minimum Gasteiger partial charge on any atom is -0.395 e. The third kappa shape index (κ3) is 3.61. The molecule has 3 nitrogen and oxygen atoms in total. The van der Waals surface area contributed by atoms with E-state index in [2.05, 4.69) is 9.97 Å². The Hall–Kier alpha value is -1.12. The van der Waals surface area contributed by atoms with Gasteiger partial charge in [0, 0.05) is 22.8 Å². The monoisotopic (exact) mass is 364 g/mol. The molecule has 22 heavy (non-hydrogen) atoms. The number of halogens is 4. The van der Waals surface area contributed by atoms with Gasteiger partial charge in [-0.05, 0) is 12.1 Å². The maximum absolute atomic E-state index is 12.3. The van der Waals surface area contributed by atoms with E-state index in [9.17, 15) is 13.2 Å². The van der Waals surface area contributed by atoms with E-state index in [1.54, 1.807) is 24.3 Å². The third-order valence-electron chi connectivity index (χ3n) is 2.79. The normalized spacial score (nSPS) is 14.0. The van der Waals surface area contributed by atoms with Crippen molar-refractivity contribution in [1.82, 2.24) is 9.97 Å². The van der Waals surface area contributed by atoms with E-state index in [0.717, 1.165) is 5.75 Å². The number of fused-ring (bicyclic) bond motifs is 1. The van der Waals surface area contributed by atoms with E-state index in [1.165, 1.54) is 11.8 Å². The second-order valence-corrected chi connectivity index (χ2v) is 6.69. The number of hydrogen-bond acceptors (Lipinski definition) is 5. The molecule has 0 aliphatic carbocycles. The Kier molecular flexibility index (Phi) is 4.42. The Bertz CT molecular complexity index is 712. The molecule has 3 rings (SSSR count). The SMILES string of the molecule is FC(F)(F)SOc1nc(-c2cccc(Cl)c2)nc2c1SCC2. The smallest absolute Gasteiger partial charge is 0.395 e. The lowest BCUT2D eigenvalue weighted by Crippen LogP contribution is -2.05. The molecule has 1 aliphatic rings. The molecule has 2 heterocycles. The molecule has 1 aromatic heterocycles. The summed E-state index contributed by atoms with van der Waals surface area (Å²) in [5.74, 6) is 1.00. The van der Waals surface area contributed by atoms with Crippen LogP contribution in [-0.4, -0.2) is 21.2 Å². The molecule has 0 saturated carbocycles. The van der Waals surface area contributed by atoms with E-state index < -0.39 is 17.6 Å². The molecule has 9 heteroatoms. The van der Waals surface area contributed by atoms with Crippen LogP contribution in [0.25, 0.3) is 11.4 Å². The first-order chi connectivity index (χ1) is 10.4. The fraction of sp³-hybridized carbons (Fsp3) is 0.231. The van der Waals surface area contributed by atoms with Crippen LogP contribution in [0.1, 0.15) is 5.69 Å². The van der Waals surface area contributed by atoms with E-state index >= 15 is 0 Å². The Balaban J connectivity index is 1.99. The minimum atomic E-state index is -4.49. The van der Waals surface area contributed by atoms with Gasteiger partial charge in [-0.25, -0.2) is 4.98 Å². The number of nitrogens with zero attached hydrogens (tertiary/aromatic N) is 2. The molecule has 1 aliphatic heterocycles. The van der Waals surface area contributed by atoms with E-state index in [4.69, 9.17) is 15.8 Å². The molecule has 116 valence electrons. The quantitative estimate of drug-likeness (QED) is 0.717. The predicted octanol–water partition coefficient (Wildman–Crippen LogP) is 4.99. The van der Waals surface area contributed by atoms with Crippen molar-refractivity contribution in [3.05, 3.63) is 35.0 Å². The molecule has 2 aromatic rings. The summed E-state index contributed by atoms with van der Waals surface area (Å²) in [6, 6.07) is 6.83. The van der Waals surface area contributed by atoms with Crippen molar-refractivity contribution in [2.24, 2.45) is 0 Å². The standard InChI is InChI=1S/C13H8ClF3N2OS2/c14-8-3-1-2-7(6-8)11-18-9-4-5-21-10(9)12(19-11)20-22-13(15,16)17/h1-3,6H,4-5H2. The largest absolute Gasteiger partial charge is 0.479 e. The van der Waals surface area contributed by atoms with Gasteiger partial charge >= 0.3 is 5.51 Å². The van der Waals surface area contributed by atoms with Crippen LogP contribution in [0.4, 0.5) is 13.2 Å².